The summed E-state index contributed by atoms with van der Waals surface area (Å²) in [6, 6.07) is 10.0. The molecule has 0 aliphatic rings. The van der Waals surface area contributed by atoms with Crippen LogP contribution >= 0.6 is 0 Å². The van der Waals surface area contributed by atoms with Gasteiger partial charge < -0.3 is 0 Å². The molecule has 0 unspecified atom stereocenters. The third-order valence-electron chi connectivity index (χ3n) is 2.86. The molecule has 0 N–H and O–H groups in total. The molecule has 0 atom stereocenters. The van der Waals surface area contributed by atoms with Crippen molar-refractivity contribution in [3.63, 3.8) is 0 Å². The predicted octanol–water partition coefficient (Wildman–Crippen LogP) is 5.96. The van der Waals surface area contributed by atoms with Crippen LogP contribution in [0.5, 0.6) is 0 Å². The topological polar surface area (TPSA) is 12.4 Å². The lowest BCUT2D eigenvalue weighted by Crippen LogP contribution is -2.09. The molecule has 0 amide bonds. The Morgan fingerprint density at radius 1 is 0.950 bits per heavy atom. The molecule has 1 aromatic rings. The molecular weight excluding hydrogens is 242 g/mol. The fourth-order valence-corrected chi connectivity index (χ4v) is 1.61. The molecule has 0 aromatic heterocycles. The Morgan fingerprint density at radius 2 is 1.55 bits per heavy atom. The molecule has 1 heteroatoms. The zero-order chi connectivity index (χ0) is 15.2. The van der Waals surface area contributed by atoms with Crippen LogP contribution in [0.25, 0.3) is 0 Å². The van der Waals surface area contributed by atoms with Crippen molar-refractivity contribution < 1.29 is 0 Å². The Labute approximate surface area is 124 Å². The minimum atomic E-state index is 0.116. The lowest BCUT2D eigenvalue weighted by Gasteiger charge is -2.21. The number of hydrogen-bond donors (Lipinski definition) is 0. The van der Waals surface area contributed by atoms with Crippen LogP contribution in [-0.4, -0.2) is 6.21 Å². The molecule has 1 nitrogen and oxygen atoms in total. The second kappa shape index (κ2) is 6.69. The molecule has 0 saturated carbocycles. The maximum atomic E-state index is 4.47. The van der Waals surface area contributed by atoms with Gasteiger partial charge in [0.1, 0.15) is 0 Å². The highest BCUT2D eigenvalue weighted by molar-refractivity contribution is 5.76. The Kier molecular flexibility index (Phi) is 5.50. The molecule has 0 fully saturated rings. The molecule has 20 heavy (non-hydrogen) atoms. The van der Waals surface area contributed by atoms with Gasteiger partial charge >= 0.3 is 0 Å². The fraction of sp³-hybridized carbons (Fsp3) is 0.421. The molecule has 108 valence electrons. The molecular formula is C19H27N. The number of para-hydroxylation sites is 1. The highest BCUT2D eigenvalue weighted by Gasteiger charge is 2.15. The summed E-state index contributed by atoms with van der Waals surface area (Å²) in [5.41, 5.74) is 2.58. The lowest BCUT2D eigenvalue weighted by molar-refractivity contribution is 0.509. The van der Waals surface area contributed by atoms with E-state index in [0.717, 1.165) is 5.69 Å². The lowest BCUT2D eigenvalue weighted by atomic mass is 9.84. The standard InChI is InChI=1S/C19H27N/c1-18(2,3)14-12-16(19(4,5)6)13-15-20-17-10-8-7-9-11-17/h7-15H,1-6H3/b14-12+,16-13+,20-15?. The van der Waals surface area contributed by atoms with Gasteiger partial charge in [-0.15, -0.1) is 0 Å². The molecule has 0 spiro atoms. The van der Waals surface area contributed by atoms with E-state index in [0.29, 0.717) is 0 Å². The maximum absolute atomic E-state index is 4.47. The summed E-state index contributed by atoms with van der Waals surface area (Å²) in [4.78, 5) is 4.47. The maximum Gasteiger partial charge on any atom is 0.0629 e. The van der Waals surface area contributed by atoms with E-state index in [1.807, 2.05) is 36.5 Å². The highest BCUT2D eigenvalue weighted by Crippen LogP contribution is 2.28. The van der Waals surface area contributed by atoms with Crippen molar-refractivity contribution in [2.24, 2.45) is 15.8 Å². The quantitative estimate of drug-likeness (QED) is 0.474. The number of benzene rings is 1. The van der Waals surface area contributed by atoms with E-state index >= 15 is 0 Å². The first-order valence-electron chi connectivity index (χ1n) is 7.18. The minimum Gasteiger partial charge on any atom is -0.257 e. The fourth-order valence-electron chi connectivity index (χ4n) is 1.61. The van der Waals surface area contributed by atoms with Crippen LogP contribution < -0.4 is 0 Å². The third-order valence-corrected chi connectivity index (χ3v) is 2.86. The zero-order valence-corrected chi connectivity index (χ0v) is 13.6. The predicted molar refractivity (Wildman–Crippen MR) is 90.7 cm³/mol. The Bertz CT molecular complexity index is 491. The first kappa shape index (κ1) is 16.4. The molecule has 1 rings (SSSR count). The van der Waals surface area contributed by atoms with Crippen molar-refractivity contribution in [3.8, 4) is 0 Å². The zero-order valence-electron chi connectivity index (χ0n) is 13.6. The third kappa shape index (κ3) is 6.51. The molecule has 0 bridgehead atoms. The first-order valence-corrected chi connectivity index (χ1v) is 7.18. The average Bonchev–Trinajstić information content (AvgIpc) is 2.32. The summed E-state index contributed by atoms with van der Waals surface area (Å²) in [6.07, 6.45) is 8.47. The first-order chi connectivity index (χ1) is 9.18. The van der Waals surface area contributed by atoms with Crippen LogP contribution in [0.1, 0.15) is 41.5 Å². The SMILES string of the molecule is CC(C)(C)/C=C/C(=C\C=Nc1ccccc1)C(C)(C)C. The molecule has 0 aliphatic carbocycles. The van der Waals surface area contributed by atoms with Crippen LogP contribution in [-0.2, 0) is 0 Å². The Balaban J connectivity index is 2.92. The van der Waals surface area contributed by atoms with Gasteiger partial charge in [0, 0.05) is 6.21 Å². The smallest absolute Gasteiger partial charge is 0.0629 e. The van der Waals surface area contributed by atoms with Crippen LogP contribution in [0.15, 0.2) is 59.1 Å². The van der Waals surface area contributed by atoms with Gasteiger partial charge in [-0.2, -0.15) is 0 Å². The van der Waals surface area contributed by atoms with Crippen LogP contribution in [0.2, 0.25) is 0 Å². The van der Waals surface area contributed by atoms with Gasteiger partial charge in [0.2, 0.25) is 0 Å². The van der Waals surface area contributed by atoms with E-state index < -0.39 is 0 Å². The number of hydrogen-bond acceptors (Lipinski definition) is 1. The minimum absolute atomic E-state index is 0.116. The van der Waals surface area contributed by atoms with Crippen molar-refractivity contribution in [1.82, 2.24) is 0 Å². The molecule has 0 heterocycles. The number of rotatable bonds is 3. The number of allylic oxidation sites excluding steroid dienone is 4. The monoisotopic (exact) mass is 269 g/mol. The number of nitrogens with zero attached hydrogens (tertiary/aromatic N) is 1. The van der Waals surface area contributed by atoms with Crippen molar-refractivity contribution in [2.45, 2.75) is 41.5 Å². The van der Waals surface area contributed by atoms with Gasteiger partial charge in [-0.25, -0.2) is 0 Å². The van der Waals surface area contributed by atoms with E-state index in [4.69, 9.17) is 0 Å². The van der Waals surface area contributed by atoms with Crippen molar-refractivity contribution >= 4 is 11.9 Å². The van der Waals surface area contributed by atoms with Gasteiger partial charge in [0.05, 0.1) is 5.69 Å². The summed E-state index contributed by atoms with van der Waals surface area (Å²) in [5, 5.41) is 0. The van der Waals surface area contributed by atoms with E-state index in [2.05, 4.69) is 64.8 Å². The normalized spacial score (nSPS) is 14.4. The second-order valence-electron chi connectivity index (χ2n) is 7.19. The Hall–Kier alpha value is -1.63. The largest absolute Gasteiger partial charge is 0.257 e. The van der Waals surface area contributed by atoms with E-state index in [-0.39, 0.29) is 10.8 Å². The Morgan fingerprint density at radius 3 is 2.05 bits per heavy atom. The van der Waals surface area contributed by atoms with Crippen LogP contribution in [0.3, 0.4) is 0 Å². The summed E-state index contributed by atoms with van der Waals surface area (Å²) < 4.78 is 0. The summed E-state index contributed by atoms with van der Waals surface area (Å²) in [5.74, 6) is 0. The van der Waals surface area contributed by atoms with E-state index in [1.165, 1.54) is 5.57 Å². The van der Waals surface area contributed by atoms with Gasteiger partial charge in [-0.1, -0.05) is 71.9 Å². The molecule has 0 radical (unpaired) electrons. The van der Waals surface area contributed by atoms with Crippen LogP contribution in [0, 0.1) is 10.8 Å². The van der Waals surface area contributed by atoms with Gasteiger partial charge in [0.25, 0.3) is 0 Å². The van der Waals surface area contributed by atoms with E-state index in [9.17, 15) is 0 Å². The van der Waals surface area contributed by atoms with Crippen molar-refractivity contribution in [1.29, 1.82) is 0 Å². The summed E-state index contributed by atoms with van der Waals surface area (Å²) in [6.45, 7) is 13.3. The molecule has 0 saturated heterocycles. The molecule has 0 aliphatic heterocycles. The average molecular weight is 269 g/mol. The van der Waals surface area contributed by atoms with E-state index in [1.54, 1.807) is 0 Å². The highest BCUT2D eigenvalue weighted by atomic mass is 14.7. The summed E-state index contributed by atoms with van der Waals surface area (Å²) in [7, 11) is 0. The van der Waals surface area contributed by atoms with Gasteiger partial charge in [-0.05, 0) is 34.6 Å². The van der Waals surface area contributed by atoms with Crippen molar-refractivity contribution in [2.75, 3.05) is 0 Å². The van der Waals surface area contributed by atoms with Gasteiger partial charge in [0.15, 0.2) is 0 Å². The van der Waals surface area contributed by atoms with Crippen molar-refractivity contribution in [3.05, 3.63) is 54.1 Å². The van der Waals surface area contributed by atoms with Gasteiger partial charge in [-0.3, -0.25) is 4.99 Å². The summed E-state index contributed by atoms with van der Waals surface area (Å²) >= 11 is 0. The molecule has 1 aromatic carbocycles. The number of aliphatic imine (C=N–C) groups is 1. The second-order valence-corrected chi connectivity index (χ2v) is 7.19. The van der Waals surface area contributed by atoms with Crippen LogP contribution in [0.4, 0.5) is 5.69 Å².